The minimum Gasteiger partial charge on any atom is -0.488 e. The van der Waals surface area contributed by atoms with E-state index in [0.717, 1.165) is 47.5 Å². The topological polar surface area (TPSA) is 81.2 Å². The SMILES string of the molecule is Clc1cc(Nc2ncnc3cccc(O[C@@H]4CCNC4)c23)ccc1OCc1ccccn1. The molecule has 0 saturated carbocycles. The molecule has 162 valence electrons. The molecule has 3 heterocycles. The molecule has 2 aromatic heterocycles. The van der Waals surface area contributed by atoms with E-state index in [1.165, 1.54) is 6.33 Å². The van der Waals surface area contributed by atoms with Crippen molar-refractivity contribution in [3.63, 3.8) is 0 Å². The summed E-state index contributed by atoms with van der Waals surface area (Å²) in [5.74, 6) is 2.02. The number of hydrogen-bond donors (Lipinski definition) is 2. The first kappa shape index (κ1) is 20.5. The van der Waals surface area contributed by atoms with E-state index in [4.69, 9.17) is 21.1 Å². The molecule has 0 amide bonds. The third-order valence-electron chi connectivity index (χ3n) is 5.23. The first-order valence-electron chi connectivity index (χ1n) is 10.5. The molecule has 0 radical (unpaired) electrons. The molecule has 7 nitrogen and oxygen atoms in total. The summed E-state index contributed by atoms with van der Waals surface area (Å²) in [4.78, 5) is 13.1. The van der Waals surface area contributed by atoms with Crippen LogP contribution in [0.15, 0.2) is 67.1 Å². The van der Waals surface area contributed by atoms with E-state index < -0.39 is 0 Å². The van der Waals surface area contributed by atoms with Crippen LogP contribution in [-0.4, -0.2) is 34.1 Å². The lowest BCUT2D eigenvalue weighted by molar-refractivity contribution is 0.226. The van der Waals surface area contributed by atoms with E-state index in [-0.39, 0.29) is 6.10 Å². The van der Waals surface area contributed by atoms with Crippen molar-refractivity contribution >= 4 is 34.0 Å². The highest BCUT2D eigenvalue weighted by atomic mass is 35.5. The number of pyridine rings is 1. The van der Waals surface area contributed by atoms with Gasteiger partial charge < -0.3 is 20.1 Å². The van der Waals surface area contributed by atoms with Gasteiger partial charge in [-0.3, -0.25) is 4.98 Å². The number of nitrogens with one attached hydrogen (secondary N) is 2. The second-order valence-electron chi connectivity index (χ2n) is 7.49. The third kappa shape index (κ3) is 4.59. The van der Waals surface area contributed by atoms with E-state index in [1.54, 1.807) is 6.20 Å². The molecule has 1 fully saturated rings. The zero-order valence-corrected chi connectivity index (χ0v) is 18.0. The summed E-state index contributed by atoms with van der Waals surface area (Å²) < 4.78 is 12.1. The van der Waals surface area contributed by atoms with Crippen LogP contribution in [0.25, 0.3) is 10.9 Å². The van der Waals surface area contributed by atoms with E-state index in [9.17, 15) is 0 Å². The highest BCUT2D eigenvalue weighted by molar-refractivity contribution is 6.32. The number of benzene rings is 2. The fourth-order valence-corrected chi connectivity index (χ4v) is 3.88. The molecule has 0 bridgehead atoms. The van der Waals surface area contributed by atoms with Crippen LogP contribution in [0.4, 0.5) is 11.5 Å². The van der Waals surface area contributed by atoms with Gasteiger partial charge in [0.25, 0.3) is 0 Å². The number of fused-ring (bicyclic) bond motifs is 1. The van der Waals surface area contributed by atoms with Gasteiger partial charge in [-0.1, -0.05) is 23.7 Å². The maximum absolute atomic E-state index is 6.47. The van der Waals surface area contributed by atoms with Gasteiger partial charge in [-0.15, -0.1) is 0 Å². The zero-order valence-electron chi connectivity index (χ0n) is 17.3. The molecular weight excluding hydrogens is 426 g/mol. The van der Waals surface area contributed by atoms with Crippen LogP contribution in [0.5, 0.6) is 11.5 Å². The lowest BCUT2D eigenvalue weighted by atomic mass is 10.2. The minimum absolute atomic E-state index is 0.138. The van der Waals surface area contributed by atoms with E-state index in [1.807, 2.05) is 54.6 Å². The molecule has 0 aliphatic carbocycles. The van der Waals surface area contributed by atoms with E-state index in [2.05, 4.69) is 25.6 Å². The van der Waals surface area contributed by atoms with Crippen LogP contribution in [0.1, 0.15) is 12.1 Å². The van der Waals surface area contributed by atoms with Crippen LogP contribution in [-0.2, 0) is 6.61 Å². The van der Waals surface area contributed by atoms with Crippen LogP contribution in [0.3, 0.4) is 0 Å². The number of ether oxygens (including phenoxy) is 2. The summed E-state index contributed by atoms with van der Waals surface area (Å²) in [6, 6.07) is 17.1. The van der Waals surface area contributed by atoms with Crippen molar-refractivity contribution in [2.24, 2.45) is 0 Å². The second kappa shape index (κ2) is 9.38. The average molecular weight is 448 g/mol. The lowest BCUT2D eigenvalue weighted by Crippen LogP contribution is -2.19. The van der Waals surface area contributed by atoms with Crippen LogP contribution >= 0.6 is 11.6 Å². The number of anilines is 2. The highest BCUT2D eigenvalue weighted by Crippen LogP contribution is 2.34. The average Bonchev–Trinajstić information content (AvgIpc) is 3.33. The molecule has 2 N–H and O–H groups in total. The molecule has 1 aliphatic rings. The fraction of sp³-hybridized carbons (Fsp3) is 0.208. The first-order chi connectivity index (χ1) is 15.8. The van der Waals surface area contributed by atoms with Gasteiger partial charge in [0, 0.05) is 18.4 Å². The molecule has 8 heteroatoms. The molecule has 5 rings (SSSR count). The number of halogens is 1. The standard InChI is InChI=1S/C24H22ClN5O2/c25-19-12-16(7-8-21(19)31-14-17-4-1-2-10-27-17)30-24-23-20(28-15-29-24)5-3-6-22(23)32-18-9-11-26-13-18/h1-8,10,12,15,18,26H,9,11,13-14H2,(H,28,29,30)/t18-/m1/s1. The van der Waals surface area contributed by atoms with Crippen molar-refractivity contribution in [3.8, 4) is 11.5 Å². The Kier molecular flexibility index (Phi) is 6.00. The number of aromatic nitrogens is 3. The van der Waals surface area contributed by atoms with Crippen LogP contribution in [0, 0.1) is 0 Å². The molecular formula is C24H22ClN5O2. The highest BCUT2D eigenvalue weighted by Gasteiger charge is 2.19. The molecule has 4 aromatic rings. The van der Waals surface area contributed by atoms with Gasteiger partial charge >= 0.3 is 0 Å². The summed E-state index contributed by atoms with van der Waals surface area (Å²) in [6.45, 7) is 2.15. The summed E-state index contributed by atoms with van der Waals surface area (Å²) in [5.41, 5.74) is 2.44. The Morgan fingerprint density at radius 1 is 1.03 bits per heavy atom. The number of hydrogen-bond acceptors (Lipinski definition) is 7. The van der Waals surface area contributed by atoms with Gasteiger partial charge in [0.05, 0.1) is 21.6 Å². The minimum atomic E-state index is 0.138. The molecule has 1 saturated heterocycles. The maximum Gasteiger partial charge on any atom is 0.145 e. The Morgan fingerprint density at radius 2 is 2.00 bits per heavy atom. The molecule has 1 aliphatic heterocycles. The van der Waals surface area contributed by atoms with Gasteiger partial charge in [0.15, 0.2) is 0 Å². The van der Waals surface area contributed by atoms with Crippen molar-refractivity contribution in [2.45, 2.75) is 19.1 Å². The Labute approximate surface area is 190 Å². The first-order valence-corrected chi connectivity index (χ1v) is 10.8. The Bertz CT molecular complexity index is 1210. The normalized spacial score (nSPS) is 15.6. The maximum atomic E-state index is 6.47. The predicted molar refractivity (Wildman–Crippen MR) is 125 cm³/mol. The van der Waals surface area contributed by atoms with Gasteiger partial charge in [0.2, 0.25) is 0 Å². The van der Waals surface area contributed by atoms with Gasteiger partial charge in [-0.05, 0) is 55.4 Å². The monoisotopic (exact) mass is 447 g/mol. The van der Waals surface area contributed by atoms with Crippen molar-refractivity contribution in [2.75, 3.05) is 18.4 Å². The van der Waals surface area contributed by atoms with Gasteiger partial charge in [0.1, 0.15) is 36.4 Å². The second-order valence-corrected chi connectivity index (χ2v) is 7.89. The Hall–Kier alpha value is -3.42. The van der Waals surface area contributed by atoms with Gasteiger partial charge in [-0.25, -0.2) is 9.97 Å². The quantitative estimate of drug-likeness (QED) is 0.423. The van der Waals surface area contributed by atoms with E-state index >= 15 is 0 Å². The molecule has 1 atom stereocenters. The fourth-order valence-electron chi connectivity index (χ4n) is 3.65. The summed E-state index contributed by atoms with van der Waals surface area (Å²) in [7, 11) is 0. The van der Waals surface area contributed by atoms with Crippen molar-refractivity contribution in [1.29, 1.82) is 0 Å². The predicted octanol–water partition coefficient (Wildman–Crippen LogP) is 4.74. The van der Waals surface area contributed by atoms with Gasteiger partial charge in [-0.2, -0.15) is 0 Å². The smallest absolute Gasteiger partial charge is 0.145 e. The number of rotatable bonds is 7. The van der Waals surface area contributed by atoms with Crippen molar-refractivity contribution in [1.82, 2.24) is 20.3 Å². The summed E-state index contributed by atoms with van der Waals surface area (Å²) in [5, 5.41) is 8.02. The van der Waals surface area contributed by atoms with Crippen molar-refractivity contribution < 1.29 is 9.47 Å². The molecule has 0 spiro atoms. The molecule has 32 heavy (non-hydrogen) atoms. The van der Waals surface area contributed by atoms with Crippen LogP contribution in [0.2, 0.25) is 5.02 Å². The summed E-state index contributed by atoms with van der Waals surface area (Å²) >= 11 is 6.47. The zero-order chi connectivity index (χ0) is 21.8. The third-order valence-corrected chi connectivity index (χ3v) is 5.53. The number of nitrogens with zero attached hydrogens (tertiary/aromatic N) is 3. The summed E-state index contributed by atoms with van der Waals surface area (Å²) in [6.07, 6.45) is 4.39. The molecule has 2 aromatic carbocycles. The largest absolute Gasteiger partial charge is 0.488 e. The Morgan fingerprint density at radius 3 is 2.81 bits per heavy atom. The van der Waals surface area contributed by atoms with E-state index in [0.29, 0.717) is 23.2 Å². The van der Waals surface area contributed by atoms with Crippen molar-refractivity contribution in [3.05, 3.63) is 77.8 Å². The molecule has 0 unspecified atom stereocenters. The van der Waals surface area contributed by atoms with Crippen LogP contribution < -0.4 is 20.1 Å². The Balaban J connectivity index is 1.37. The lowest BCUT2D eigenvalue weighted by Gasteiger charge is -2.16.